The lowest BCUT2D eigenvalue weighted by molar-refractivity contribution is -0.137. The van der Waals surface area contributed by atoms with Gasteiger partial charge >= 0.3 is 12.0 Å². The Morgan fingerprint density at radius 3 is 2.68 bits per heavy atom. The molecule has 0 unspecified atom stereocenters. The molecule has 1 aromatic heterocycles. The summed E-state index contributed by atoms with van der Waals surface area (Å²) < 4.78 is 0. The molecule has 1 fully saturated rings. The monoisotopic (exact) mass is 305 g/mol. The second-order valence-electron chi connectivity index (χ2n) is 5.72. The quantitative estimate of drug-likeness (QED) is 0.817. The van der Waals surface area contributed by atoms with Gasteiger partial charge in [-0.05, 0) is 43.7 Å². The largest absolute Gasteiger partial charge is 0.481 e. The normalized spacial score (nSPS) is 15.6. The smallest absolute Gasteiger partial charge is 0.317 e. The van der Waals surface area contributed by atoms with Gasteiger partial charge in [0.2, 0.25) is 0 Å². The molecular formula is C16H23N3O3. The highest BCUT2D eigenvalue weighted by Crippen LogP contribution is 2.27. The first kappa shape index (κ1) is 16.3. The number of likely N-dealkylation sites (tertiary alicyclic amines) is 1. The summed E-state index contributed by atoms with van der Waals surface area (Å²) >= 11 is 0. The van der Waals surface area contributed by atoms with E-state index in [0.717, 1.165) is 31.6 Å². The van der Waals surface area contributed by atoms with E-state index in [4.69, 9.17) is 5.11 Å². The predicted molar refractivity (Wildman–Crippen MR) is 82.8 cm³/mol. The third-order valence-corrected chi connectivity index (χ3v) is 4.03. The Hall–Kier alpha value is -2.11. The topological polar surface area (TPSA) is 82.5 Å². The molecule has 2 rings (SSSR count). The Bertz CT molecular complexity index is 508. The van der Waals surface area contributed by atoms with E-state index < -0.39 is 5.97 Å². The highest BCUT2D eigenvalue weighted by Gasteiger charge is 2.23. The number of urea groups is 1. The maximum atomic E-state index is 12.0. The summed E-state index contributed by atoms with van der Waals surface area (Å²) in [6, 6.07) is 4.05. The molecule has 0 aliphatic carbocycles. The summed E-state index contributed by atoms with van der Waals surface area (Å²) in [5.74, 6) is -0.370. The van der Waals surface area contributed by atoms with Crippen LogP contribution in [0.1, 0.15) is 42.9 Å². The molecule has 1 aliphatic heterocycles. The summed E-state index contributed by atoms with van der Waals surface area (Å²) in [4.78, 5) is 28.5. The van der Waals surface area contributed by atoms with Crippen LogP contribution < -0.4 is 5.32 Å². The number of aliphatic carboxylic acids is 1. The van der Waals surface area contributed by atoms with Crippen molar-refractivity contribution < 1.29 is 14.7 Å². The van der Waals surface area contributed by atoms with Gasteiger partial charge in [-0.25, -0.2) is 4.79 Å². The number of piperidine rings is 1. The molecule has 2 N–H and O–H groups in total. The number of carboxylic acid groups (broad SMARTS) is 1. The number of rotatable bonds is 5. The van der Waals surface area contributed by atoms with E-state index in [1.807, 2.05) is 19.2 Å². The molecule has 120 valence electrons. The number of aromatic nitrogens is 1. The van der Waals surface area contributed by atoms with Crippen molar-refractivity contribution in [1.29, 1.82) is 0 Å². The number of amides is 2. The number of carbonyl (C=O) groups is 2. The van der Waals surface area contributed by atoms with Crippen molar-refractivity contribution in [2.75, 3.05) is 19.6 Å². The summed E-state index contributed by atoms with van der Waals surface area (Å²) in [7, 11) is 0. The van der Waals surface area contributed by atoms with Crippen LogP contribution in [-0.2, 0) is 4.79 Å². The van der Waals surface area contributed by atoms with E-state index in [0.29, 0.717) is 18.9 Å². The number of nitrogens with zero attached hydrogens (tertiary/aromatic N) is 2. The standard InChI is InChI=1S/C16H23N3O3/c1-12-4-5-14(11-18-12)13-6-9-19(10-7-13)16(22)17-8-2-3-15(20)21/h4-5,11,13H,2-3,6-10H2,1H3,(H,17,22)(H,20,21). The maximum Gasteiger partial charge on any atom is 0.317 e. The lowest BCUT2D eigenvalue weighted by atomic mass is 9.90. The lowest BCUT2D eigenvalue weighted by Crippen LogP contribution is -2.44. The van der Waals surface area contributed by atoms with Gasteiger partial charge in [0, 0.05) is 37.9 Å². The van der Waals surface area contributed by atoms with Gasteiger partial charge in [-0.2, -0.15) is 0 Å². The van der Waals surface area contributed by atoms with Crippen LogP contribution in [0.25, 0.3) is 0 Å². The van der Waals surface area contributed by atoms with Gasteiger partial charge in [0.1, 0.15) is 0 Å². The van der Waals surface area contributed by atoms with Gasteiger partial charge in [0.15, 0.2) is 0 Å². The number of carbonyl (C=O) groups excluding carboxylic acids is 1. The minimum absolute atomic E-state index is 0.0861. The molecule has 2 heterocycles. The first-order valence-electron chi connectivity index (χ1n) is 7.73. The third-order valence-electron chi connectivity index (χ3n) is 4.03. The van der Waals surface area contributed by atoms with Crippen LogP contribution in [0.5, 0.6) is 0 Å². The van der Waals surface area contributed by atoms with Crippen molar-refractivity contribution in [3.8, 4) is 0 Å². The molecule has 0 radical (unpaired) electrons. The molecule has 0 saturated carbocycles. The first-order chi connectivity index (χ1) is 10.6. The zero-order chi connectivity index (χ0) is 15.9. The van der Waals surface area contributed by atoms with Crippen LogP contribution >= 0.6 is 0 Å². The minimum atomic E-state index is -0.832. The Morgan fingerprint density at radius 2 is 2.09 bits per heavy atom. The number of pyridine rings is 1. The third kappa shape index (κ3) is 4.72. The summed E-state index contributed by atoms with van der Waals surface area (Å²) in [5.41, 5.74) is 2.26. The van der Waals surface area contributed by atoms with E-state index in [9.17, 15) is 9.59 Å². The first-order valence-corrected chi connectivity index (χ1v) is 7.73. The number of aryl methyl sites for hydroxylation is 1. The Labute approximate surface area is 130 Å². The van der Waals surface area contributed by atoms with E-state index in [1.165, 1.54) is 5.56 Å². The van der Waals surface area contributed by atoms with Crippen molar-refractivity contribution >= 4 is 12.0 Å². The highest BCUT2D eigenvalue weighted by molar-refractivity contribution is 5.74. The van der Waals surface area contributed by atoms with Gasteiger partial charge in [-0.1, -0.05) is 6.07 Å². The Morgan fingerprint density at radius 1 is 1.36 bits per heavy atom. The van der Waals surface area contributed by atoms with Crippen LogP contribution in [0.15, 0.2) is 18.3 Å². The van der Waals surface area contributed by atoms with Crippen LogP contribution in [0.2, 0.25) is 0 Å². The molecule has 0 atom stereocenters. The van der Waals surface area contributed by atoms with Gasteiger partial charge in [0.25, 0.3) is 0 Å². The number of nitrogens with one attached hydrogen (secondary N) is 1. The molecule has 0 bridgehead atoms. The molecule has 22 heavy (non-hydrogen) atoms. The van der Waals surface area contributed by atoms with Gasteiger partial charge in [-0.3, -0.25) is 9.78 Å². The lowest BCUT2D eigenvalue weighted by Gasteiger charge is -2.32. The second kappa shape index (κ2) is 7.77. The van der Waals surface area contributed by atoms with E-state index >= 15 is 0 Å². The zero-order valence-electron chi connectivity index (χ0n) is 12.9. The second-order valence-corrected chi connectivity index (χ2v) is 5.72. The van der Waals surface area contributed by atoms with Crippen LogP contribution in [0, 0.1) is 6.92 Å². The van der Waals surface area contributed by atoms with Crippen molar-refractivity contribution in [2.24, 2.45) is 0 Å². The molecule has 2 amide bonds. The highest BCUT2D eigenvalue weighted by atomic mass is 16.4. The molecule has 0 aromatic carbocycles. The maximum absolute atomic E-state index is 12.0. The van der Waals surface area contributed by atoms with E-state index in [1.54, 1.807) is 4.90 Å². The van der Waals surface area contributed by atoms with Gasteiger partial charge < -0.3 is 15.3 Å². The molecule has 1 aliphatic rings. The van der Waals surface area contributed by atoms with Gasteiger partial charge in [0.05, 0.1) is 0 Å². The summed E-state index contributed by atoms with van der Waals surface area (Å²) in [5, 5.41) is 11.3. The molecule has 0 spiro atoms. The molecule has 1 aromatic rings. The van der Waals surface area contributed by atoms with Crippen LogP contribution in [-0.4, -0.2) is 46.6 Å². The van der Waals surface area contributed by atoms with Crippen molar-refractivity contribution in [3.63, 3.8) is 0 Å². The average Bonchev–Trinajstić information content (AvgIpc) is 2.52. The van der Waals surface area contributed by atoms with Gasteiger partial charge in [-0.15, -0.1) is 0 Å². The predicted octanol–water partition coefficient (Wildman–Crippen LogP) is 2.14. The van der Waals surface area contributed by atoms with E-state index in [-0.39, 0.29) is 12.5 Å². The van der Waals surface area contributed by atoms with E-state index in [2.05, 4.69) is 16.4 Å². The summed E-state index contributed by atoms with van der Waals surface area (Å²) in [6.07, 6.45) is 4.36. The van der Waals surface area contributed by atoms with Crippen molar-refractivity contribution in [2.45, 2.75) is 38.5 Å². The fourth-order valence-corrected chi connectivity index (χ4v) is 2.68. The SMILES string of the molecule is Cc1ccc(C2CCN(C(=O)NCCCC(=O)O)CC2)cn1. The number of hydrogen-bond acceptors (Lipinski definition) is 3. The molecule has 6 nitrogen and oxygen atoms in total. The molecule has 1 saturated heterocycles. The Kier molecular flexibility index (Phi) is 5.75. The van der Waals surface area contributed by atoms with Crippen LogP contribution in [0.3, 0.4) is 0 Å². The van der Waals surface area contributed by atoms with Crippen molar-refractivity contribution in [3.05, 3.63) is 29.6 Å². The van der Waals surface area contributed by atoms with Crippen LogP contribution in [0.4, 0.5) is 4.79 Å². The minimum Gasteiger partial charge on any atom is -0.481 e. The molecular weight excluding hydrogens is 282 g/mol. The summed E-state index contributed by atoms with van der Waals surface area (Å²) in [6.45, 7) is 3.83. The average molecular weight is 305 g/mol. The molecule has 6 heteroatoms. The number of carboxylic acids is 1. The number of hydrogen-bond donors (Lipinski definition) is 2. The Balaban J connectivity index is 1.73. The fraction of sp³-hybridized carbons (Fsp3) is 0.562. The zero-order valence-corrected chi connectivity index (χ0v) is 12.9. The van der Waals surface area contributed by atoms with Crippen molar-refractivity contribution in [1.82, 2.24) is 15.2 Å². The fourth-order valence-electron chi connectivity index (χ4n) is 2.68.